The van der Waals surface area contributed by atoms with Crippen molar-refractivity contribution in [1.82, 2.24) is 0 Å². The van der Waals surface area contributed by atoms with E-state index in [1.54, 1.807) is 218 Å². The molecule has 0 nitrogen and oxygen atoms in total. The van der Waals surface area contributed by atoms with E-state index in [2.05, 4.69) is 11.1 Å². The summed E-state index contributed by atoms with van der Waals surface area (Å²) in [5.74, 6) is 8.21. The summed E-state index contributed by atoms with van der Waals surface area (Å²) in [6.07, 6.45) is 57.0. The number of allylic oxidation sites excluding steroid dienone is 2. The molecule has 8 saturated carbocycles. The summed E-state index contributed by atoms with van der Waals surface area (Å²) < 4.78 is 0. The molecule has 3 unspecified atom stereocenters. The van der Waals surface area contributed by atoms with E-state index >= 15 is 0 Å². The van der Waals surface area contributed by atoms with Crippen molar-refractivity contribution in [3.63, 3.8) is 0 Å². The Labute approximate surface area is 305 Å². The van der Waals surface area contributed by atoms with Gasteiger partial charge in [0.2, 0.25) is 0 Å². The molecule has 0 heteroatoms. The predicted molar refractivity (Wildman–Crippen MR) is 208 cm³/mol. The minimum absolute atomic E-state index is 0.575. The van der Waals surface area contributed by atoms with Crippen LogP contribution in [0.15, 0.2) is 11.1 Å². The molecule has 276 valence electrons. The van der Waals surface area contributed by atoms with Crippen LogP contribution in [0, 0.1) is 63.6 Å². The van der Waals surface area contributed by atoms with E-state index in [1.807, 2.05) is 0 Å². The van der Waals surface area contributed by atoms with Crippen molar-refractivity contribution >= 4 is 0 Å². The third-order valence-corrected chi connectivity index (χ3v) is 19.0. The molecule has 49 heavy (non-hydrogen) atoms. The summed E-state index contributed by atoms with van der Waals surface area (Å²) in [7, 11) is 0. The van der Waals surface area contributed by atoms with Crippen LogP contribution in [0.1, 0.15) is 231 Å². The normalized spacial score (nSPS) is 38.8. The van der Waals surface area contributed by atoms with Gasteiger partial charge in [0.05, 0.1) is 0 Å². The van der Waals surface area contributed by atoms with E-state index in [0.29, 0.717) is 16.2 Å². The van der Waals surface area contributed by atoms with Gasteiger partial charge in [-0.25, -0.2) is 0 Å². The lowest BCUT2D eigenvalue weighted by molar-refractivity contribution is -0.160. The monoisotopic (exact) mass is 669 g/mol. The fourth-order valence-electron chi connectivity index (χ4n) is 18.0. The Bertz CT molecular complexity index is 1080. The van der Waals surface area contributed by atoms with Gasteiger partial charge in [0, 0.05) is 5.41 Å². The van der Waals surface area contributed by atoms with Gasteiger partial charge < -0.3 is 0 Å². The van der Waals surface area contributed by atoms with Crippen LogP contribution in [0.3, 0.4) is 0 Å². The van der Waals surface area contributed by atoms with E-state index in [-0.39, 0.29) is 0 Å². The minimum Gasteiger partial charge on any atom is -0.0602 e. The van der Waals surface area contributed by atoms with Crippen molar-refractivity contribution in [1.29, 1.82) is 0 Å². The van der Waals surface area contributed by atoms with Crippen molar-refractivity contribution in [2.24, 2.45) is 63.6 Å². The molecule has 9 aliphatic rings. The van der Waals surface area contributed by atoms with Crippen molar-refractivity contribution in [3.05, 3.63) is 11.1 Å². The van der Waals surface area contributed by atoms with Crippen molar-refractivity contribution in [3.8, 4) is 0 Å². The first kappa shape index (κ1) is 34.5. The summed E-state index contributed by atoms with van der Waals surface area (Å²) in [6.45, 7) is 0. The zero-order valence-electron chi connectivity index (χ0n) is 32.6. The second kappa shape index (κ2) is 14.9. The molecule has 0 heterocycles. The third kappa shape index (κ3) is 5.50. The van der Waals surface area contributed by atoms with Gasteiger partial charge >= 0.3 is 0 Å². The quantitative estimate of drug-likeness (QED) is 0.237. The lowest BCUT2D eigenvalue weighted by Gasteiger charge is -2.68. The van der Waals surface area contributed by atoms with Gasteiger partial charge in [0.25, 0.3) is 0 Å². The fourth-order valence-corrected chi connectivity index (χ4v) is 18.0. The molecule has 2 bridgehead atoms. The maximum absolute atomic E-state index is 2.37. The molecule has 9 aliphatic carbocycles. The summed E-state index contributed by atoms with van der Waals surface area (Å²) in [5, 5.41) is 0. The van der Waals surface area contributed by atoms with Crippen LogP contribution >= 0.6 is 0 Å². The highest BCUT2D eigenvalue weighted by Gasteiger charge is 2.81. The molecule has 9 rings (SSSR count). The van der Waals surface area contributed by atoms with Gasteiger partial charge in [0.1, 0.15) is 0 Å². The standard InChI is InChI=1S/C49H80/c1-8-22-37(23-9-1)44-45(38-24-10-2-11-25-38)48(41-30-16-5-17-31-41)36-47(44,40-28-14-4-15-29-40)46(39-26-12-3-13-27-39)49(48,42-32-18-6-19-33-42)43-34-20-7-21-35-43/h37-43,46H,1-36H2. The Morgan fingerprint density at radius 3 is 1.10 bits per heavy atom. The predicted octanol–water partition coefficient (Wildman–Crippen LogP) is 15.3. The highest BCUT2D eigenvalue weighted by Crippen LogP contribution is 2.88. The fraction of sp³-hybridized carbons (Fsp3) is 0.959. The maximum Gasteiger partial charge on any atom is 0.00192 e. The summed E-state index contributed by atoms with van der Waals surface area (Å²) >= 11 is 0. The molecule has 0 spiro atoms. The van der Waals surface area contributed by atoms with Crippen LogP contribution in [0.4, 0.5) is 0 Å². The number of hydrogen-bond donors (Lipinski definition) is 0. The first-order valence-electron chi connectivity index (χ1n) is 24.1. The second-order valence-electron chi connectivity index (χ2n) is 20.8. The molecule has 0 aliphatic heterocycles. The van der Waals surface area contributed by atoms with Gasteiger partial charge in [-0.15, -0.1) is 0 Å². The molecular weight excluding hydrogens is 589 g/mol. The average Bonchev–Trinajstić information content (AvgIpc) is 3.68. The van der Waals surface area contributed by atoms with Crippen molar-refractivity contribution in [2.45, 2.75) is 231 Å². The average molecular weight is 669 g/mol. The topological polar surface area (TPSA) is 0 Å². The smallest absolute Gasteiger partial charge is 0.00192 e. The van der Waals surface area contributed by atoms with Gasteiger partial charge in [-0.05, 0) is 142 Å². The number of hydrogen-bond acceptors (Lipinski definition) is 0. The van der Waals surface area contributed by atoms with E-state index in [4.69, 9.17) is 0 Å². The zero-order valence-corrected chi connectivity index (χ0v) is 32.6. The molecule has 8 fully saturated rings. The zero-order chi connectivity index (χ0) is 32.7. The third-order valence-electron chi connectivity index (χ3n) is 19.0. The van der Waals surface area contributed by atoms with E-state index in [0.717, 1.165) is 47.3 Å². The van der Waals surface area contributed by atoms with Gasteiger partial charge in [-0.3, -0.25) is 0 Å². The first-order chi connectivity index (χ1) is 24.3. The van der Waals surface area contributed by atoms with Crippen LogP contribution in [-0.4, -0.2) is 0 Å². The minimum atomic E-state index is 0.575. The van der Waals surface area contributed by atoms with Gasteiger partial charge in [-0.2, -0.15) is 0 Å². The molecule has 0 amide bonds. The molecule has 0 aromatic rings. The van der Waals surface area contributed by atoms with Crippen molar-refractivity contribution < 1.29 is 0 Å². The molecule has 0 saturated heterocycles. The number of rotatable bonds is 7. The largest absolute Gasteiger partial charge is 0.0602 e. The van der Waals surface area contributed by atoms with E-state index in [1.165, 1.54) is 12.8 Å². The molecule has 0 aromatic carbocycles. The Hall–Kier alpha value is -0.260. The van der Waals surface area contributed by atoms with E-state index < -0.39 is 0 Å². The van der Waals surface area contributed by atoms with Gasteiger partial charge in [-0.1, -0.05) is 159 Å². The van der Waals surface area contributed by atoms with Crippen LogP contribution in [0.2, 0.25) is 0 Å². The Kier molecular flexibility index (Phi) is 10.5. The van der Waals surface area contributed by atoms with Crippen LogP contribution in [0.5, 0.6) is 0 Å². The lowest BCUT2D eigenvalue weighted by atomic mass is 9.35. The second-order valence-corrected chi connectivity index (χ2v) is 20.8. The SMILES string of the molecule is C1CCC(C2=C(C3CCCCC3)C3(C4CCCCC4)CC2(C2CCCCC2)C(C2CCCCC2)C3(C2CCCCC2)C2CCCCC2)CC1. The molecule has 0 radical (unpaired) electrons. The summed E-state index contributed by atoms with van der Waals surface area (Å²) in [4.78, 5) is 0. The highest BCUT2D eigenvalue weighted by molar-refractivity contribution is 5.50. The van der Waals surface area contributed by atoms with E-state index in [9.17, 15) is 0 Å². The molecule has 0 aromatic heterocycles. The summed E-state index contributed by atoms with van der Waals surface area (Å²) in [5.41, 5.74) is 6.53. The van der Waals surface area contributed by atoms with Crippen LogP contribution < -0.4 is 0 Å². The number of fused-ring (bicyclic) bond motifs is 2. The Balaban J connectivity index is 1.38. The first-order valence-corrected chi connectivity index (χ1v) is 24.1. The van der Waals surface area contributed by atoms with Gasteiger partial charge in [0.15, 0.2) is 0 Å². The summed E-state index contributed by atoms with van der Waals surface area (Å²) in [6, 6.07) is 0. The molecular formula is C49H80. The maximum atomic E-state index is 2.37. The van der Waals surface area contributed by atoms with Crippen LogP contribution in [-0.2, 0) is 0 Å². The highest BCUT2D eigenvalue weighted by atomic mass is 14.8. The Morgan fingerprint density at radius 2 is 0.653 bits per heavy atom. The lowest BCUT2D eigenvalue weighted by Crippen LogP contribution is -2.62. The molecule has 0 N–H and O–H groups in total. The van der Waals surface area contributed by atoms with Crippen LogP contribution in [0.25, 0.3) is 0 Å². The van der Waals surface area contributed by atoms with Crippen molar-refractivity contribution in [2.75, 3.05) is 0 Å². The Morgan fingerprint density at radius 1 is 0.306 bits per heavy atom. The molecule has 3 atom stereocenters.